The molecule has 6 nitrogen and oxygen atoms in total. The summed E-state index contributed by atoms with van der Waals surface area (Å²) in [5, 5.41) is 13.0. The van der Waals surface area contributed by atoms with Gasteiger partial charge in [-0.3, -0.25) is 9.20 Å². The first-order chi connectivity index (χ1) is 13.2. The van der Waals surface area contributed by atoms with Crippen molar-refractivity contribution in [1.29, 1.82) is 0 Å². The Bertz CT molecular complexity index is 992. The molecule has 1 fully saturated rings. The van der Waals surface area contributed by atoms with Gasteiger partial charge in [-0.2, -0.15) is 0 Å². The van der Waals surface area contributed by atoms with Gasteiger partial charge < -0.3 is 20.2 Å². The average Bonchev–Trinajstić information content (AvgIpc) is 2.69. The number of nitrogens with zero attached hydrogens (tertiary/aromatic N) is 3. The predicted molar refractivity (Wildman–Crippen MR) is 109 cm³/mol. The lowest BCUT2D eigenvalue weighted by Gasteiger charge is -2.34. The fourth-order valence-electron chi connectivity index (χ4n) is 3.50. The van der Waals surface area contributed by atoms with Crippen LogP contribution in [0.4, 0.5) is 17.1 Å². The number of para-hydroxylation sites is 1. The minimum atomic E-state index is -0.308. The molecule has 1 aliphatic heterocycles. The number of aliphatic hydroxyl groups is 1. The number of likely N-dealkylation sites (N-methyl/N-ethyl adjacent to an activating group) is 1. The predicted octanol–water partition coefficient (Wildman–Crippen LogP) is 2.29. The Morgan fingerprint density at radius 3 is 2.48 bits per heavy atom. The van der Waals surface area contributed by atoms with Gasteiger partial charge in [0.1, 0.15) is 0 Å². The third kappa shape index (κ3) is 3.54. The van der Waals surface area contributed by atoms with Gasteiger partial charge in [0.2, 0.25) is 0 Å². The molecule has 1 aromatic carbocycles. The van der Waals surface area contributed by atoms with Crippen LogP contribution in [0, 0.1) is 0 Å². The second kappa shape index (κ2) is 7.42. The molecule has 0 atom stereocenters. The van der Waals surface area contributed by atoms with Gasteiger partial charge in [0, 0.05) is 43.8 Å². The summed E-state index contributed by atoms with van der Waals surface area (Å²) in [5.74, 6) is 0. The topological polar surface area (TPSA) is 60.2 Å². The Labute approximate surface area is 158 Å². The van der Waals surface area contributed by atoms with Gasteiger partial charge >= 0.3 is 0 Å². The highest BCUT2D eigenvalue weighted by molar-refractivity contribution is 5.71. The average molecular weight is 364 g/mol. The molecule has 2 aromatic heterocycles. The molecule has 140 valence electrons. The zero-order valence-electron chi connectivity index (χ0n) is 15.4. The maximum atomic E-state index is 12.8. The molecule has 0 unspecified atom stereocenters. The van der Waals surface area contributed by atoms with Crippen molar-refractivity contribution in [2.75, 3.05) is 43.4 Å². The maximum Gasteiger partial charge on any atom is 0.262 e. The summed E-state index contributed by atoms with van der Waals surface area (Å²) >= 11 is 0. The number of benzene rings is 1. The van der Waals surface area contributed by atoms with E-state index in [1.54, 1.807) is 10.6 Å². The Morgan fingerprint density at radius 2 is 1.78 bits per heavy atom. The number of fused-ring (bicyclic) bond motifs is 1. The van der Waals surface area contributed by atoms with Crippen molar-refractivity contribution in [2.24, 2.45) is 0 Å². The first-order valence-corrected chi connectivity index (χ1v) is 9.20. The Hall–Kier alpha value is -2.83. The van der Waals surface area contributed by atoms with Crippen LogP contribution in [0.3, 0.4) is 0 Å². The van der Waals surface area contributed by atoms with Crippen molar-refractivity contribution in [3.05, 3.63) is 70.6 Å². The highest BCUT2D eigenvalue weighted by atomic mass is 16.3. The minimum Gasteiger partial charge on any atom is -0.391 e. The smallest absolute Gasteiger partial charge is 0.262 e. The molecular formula is C21H24N4O2. The summed E-state index contributed by atoms with van der Waals surface area (Å²) in [6.45, 7) is 3.70. The van der Waals surface area contributed by atoms with Gasteiger partial charge in [-0.25, -0.2) is 0 Å². The molecular weight excluding hydrogens is 340 g/mol. The van der Waals surface area contributed by atoms with E-state index in [9.17, 15) is 9.90 Å². The summed E-state index contributed by atoms with van der Waals surface area (Å²) in [5.41, 5.74) is 3.62. The zero-order chi connectivity index (χ0) is 18.8. The fourth-order valence-corrected chi connectivity index (χ4v) is 3.50. The number of hydrogen-bond acceptors (Lipinski definition) is 5. The SMILES string of the molecule is CN1CCN(c2ccn3c(=O)c(CO)c(Nc4ccccc4)cc3c2)CC1. The maximum absolute atomic E-state index is 12.8. The number of pyridine rings is 2. The van der Waals surface area contributed by atoms with Crippen molar-refractivity contribution in [3.63, 3.8) is 0 Å². The third-order valence-corrected chi connectivity index (χ3v) is 5.14. The third-order valence-electron chi connectivity index (χ3n) is 5.14. The monoisotopic (exact) mass is 364 g/mol. The number of piperazine rings is 1. The molecule has 0 saturated carbocycles. The molecule has 0 aliphatic carbocycles. The fraction of sp³-hybridized carbons (Fsp3) is 0.286. The number of nitrogens with one attached hydrogen (secondary N) is 1. The quantitative estimate of drug-likeness (QED) is 0.744. The van der Waals surface area contributed by atoms with E-state index >= 15 is 0 Å². The zero-order valence-corrected chi connectivity index (χ0v) is 15.4. The molecule has 0 spiro atoms. The highest BCUT2D eigenvalue weighted by Crippen LogP contribution is 2.24. The molecule has 0 radical (unpaired) electrons. The molecule has 2 N–H and O–H groups in total. The van der Waals surface area contributed by atoms with Crippen LogP contribution in [0.5, 0.6) is 0 Å². The largest absolute Gasteiger partial charge is 0.391 e. The molecule has 3 aromatic rings. The first kappa shape index (κ1) is 17.6. The van der Waals surface area contributed by atoms with E-state index in [1.807, 2.05) is 48.5 Å². The molecule has 0 amide bonds. The van der Waals surface area contributed by atoms with Gasteiger partial charge in [0.05, 0.1) is 23.4 Å². The summed E-state index contributed by atoms with van der Waals surface area (Å²) in [6, 6.07) is 15.6. The Morgan fingerprint density at radius 1 is 1.04 bits per heavy atom. The minimum absolute atomic E-state index is 0.196. The molecule has 0 bridgehead atoms. The van der Waals surface area contributed by atoms with Gasteiger partial charge in [-0.15, -0.1) is 0 Å². The van der Waals surface area contributed by atoms with Crippen LogP contribution >= 0.6 is 0 Å². The van der Waals surface area contributed by atoms with E-state index in [0.717, 1.165) is 43.1 Å². The summed E-state index contributed by atoms with van der Waals surface area (Å²) in [4.78, 5) is 17.5. The second-order valence-corrected chi connectivity index (χ2v) is 6.96. The van der Waals surface area contributed by atoms with E-state index in [2.05, 4.69) is 22.2 Å². The standard InChI is InChI=1S/C21H24N4O2/c1-23-9-11-24(12-10-23)17-7-8-25-18(13-17)14-20(19(15-26)21(25)27)22-16-5-3-2-4-6-16/h2-8,13-14,22,26H,9-12,15H2,1H3. The number of anilines is 3. The van der Waals surface area contributed by atoms with E-state index in [4.69, 9.17) is 0 Å². The van der Waals surface area contributed by atoms with E-state index in [1.165, 1.54) is 0 Å². The van der Waals surface area contributed by atoms with Gasteiger partial charge in [-0.1, -0.05) is 18.2 Å². The van der Waals surface area contributed by atoms with Crippen LogP contribution in [-0.4, -0.2) is 47.6 Å². The summed E-state index contributed by atoms with van der Waals surface area (Å²) < 4.78 is 1.60. The van der Waals surface area contributed by atoms with Crippen molar-refractivity contribution >= 4 is 22.6 Å². The second-order valence-electron chi connectivity index (χ2n) is 6.96. The Balaban J connectivity index is 1.75. The molecule has 1 saturated heterocycles. The van der Waals surface area contributed by atoms with Gasteiger partial charge in [0.15, 0.2) is 0 Å². The number of rotatable bonds is 4. The lowest BCUT2D eigenvalue weighted by molar-refractivity contribution is 0.280. The number of hydrogen-bond donors (Lipinski definition) is 2. The van der Waals surface area contributed by atoms with Gasteiger partial charge in [0.25, 0.3) is 5.56 Å². The van der Waals surface area contributed by atoms with E-state index < -0.39 is 0 Å². The van der Waals surface area contributed by atoms with Crippen LogP contribution in [-0.2, 0) is 6.61 Å². The van der Waals surface area contributed by atoms with Crippen molar-refractivity contribution < 1.29 is 5.11 Å². The lowest BCUT2D eigenvalue weighted by atomic mass is 10.1. The van der Waals surface area contributed by atoms with Crippen LogP contribution in [0.25, 0.3) is 5.52 Å². The molecule has 6 heteroatoms. The van der Waals surface area contributed by atoms with E-state index in [0.29, 0.717) is 11.3 Å². The van der Waals surface area contributed by atoms with Crippen molar-refractivity contribution in [2.45, 2.75) is 6.61 Å². The summed E-state index contributed by atoms with van der Waals surface area (Å²) in [7, 11) is 2.13. The number of aliphatic hydroxyl groups excluding tert-OH is 1. The Kier molecular flexibility index (Phi) is 4.83. The van der Waals surface area contributed by atoms with E-state index in [-0.39, 0.29) is 12.2 Å². The molecule has 3 heterocycles. The van der Waals surface area contributed by atoms with Crippen LogP contribution in [0.15, 0.2) is 59.5 Å². The van der Waals surface area contributed by atoms with Crippen molar-refractivity contribution in [1.82, 2.24) is 9.30 Å². The van der Waals surface area contributed by atoms with Crippen molar-refractivity contribution in [3.8, 4) is 0 Å². The van der Waals surface area contributed by atoms with Gasteiger partial charge in [-0.05, 0) is 37.4 Å². The summed E-state index contributed by atoms with van der Waals surface area (Å²) in [6.07, 6.45) is 1.80. The number of aromatic nitrogens is 1. The van der Waals surface area contributed by atoms with Crippen LogP contribution in [0.2, 0.25) is 0 Å². The normalized spacial score (nSPS) is 15.3. The van der Waals surface area contributed by atoms with Crippen LogP contribution < -0.4 is 15.8 Å². The molecule has 1 aliphatic rings. The first-order valence-electron chi connectivity index (χ1n) is 9.20. The highest BCUT2D eigenvalue weighted by Gasteiger charge is 2.16. The molecule has 27 heavy (non-hydrogen) atoms. The van der Waals surface area contributed by atoms with Crippen LogP contribution in [0.1, 0.15) is 5.56 Å². The lowest BCUT2D eigenvalue weighted by Crippen LogP contribution is -2.44. The molecule has 4 rings (SSSR count).